The Bertz CT molecular complexity index is 1010. The second-order valence-electron chi connectivity index (χ2n) is 5.44. The van der Waals surface area contributed by atoms with E-state index in [9.17, 15) is 14.4 Å². The number of carbonyl (C=O) groups excluding carboxylic acids is 2. The van der Waals surface area contributed by atoms with Crippen LogP contribution in [0.15, 0.2) is 41.6 Å². The Labute approximate surface area is 147 Å². The lowest BCUT2D eigenvalue weighted by molar-refractivity contribution is 0.0936. The number of nitrogens with zero attached hydrogens (tertiary/aromatic N) is 1. The largest absolute Gasteiger partial charge is 0.383 e. The molecule has 0 bridgehead atoms. The average molecular weight is 355 g/mol. The minimum atomic E-state index is -0.480. The number of H-pyrrole nitrogens is 2. The molecule has 2 aromatic heterocycles. The fourth-order valence-corrected chi connectivity index (χ4v) is 2.46. The van der Waals surface area contributed by atoms with Crippen LogP contribution in [0.5, 0.6) is 0 Å². The van der Waals surface area contributed by atoms with E-state index in [0.29, 0.717) is 30.0 Å². The number of ether oxygens (including phenoxy) is 1. The fraction of sp³-hybridized carbons (Fsp3) is 0.176. The number of amides is 2. The van der Waals surface area contributed by atoms with Crippen LogP contribution >= 0.6 is 0 Å². The van der Waals surface area contributed by atoms with Crippen molar-refractivity contribution in [2.75, 3.05) is 25.6 Å². The monoisotopic (exact) mass is 355 g/mol. The molecule has 0 radical (unpaired) electrons. The minimum Gasteiger partial charge on any atom is -0.383 e. The molecule has 3 aromatic rings. The molecule has 2 heterocycles. The van der Waals surface area contributed by atoms with Gasteiger partial charge in [-0.1, -0.05) is 6.07 Å². The molecule has 0 aliphatic carbocycles. The zero-order chi connectivity index (χ0) is 18.5. The topological polar surface area (TPSA) is 129 Å². The van der Waals surface area contributed by atoms with E-state index in [1.807, 2.05) is 0 Å². The molecule has 0 aliphatic heterocycles. The average Bonchev–Trinajstić information content (AvgIpc) is 3.08. The zero-order valence-corrected chi connectivity index (χ0v) is 14.0. The normalized spacial score (nSPS) is 10.7. The van der Waals surface area contributed by atoms with E-state index in [4.69, 9.17) is 4.74 Å². The summed E-state index contributed by atoms with van der Waals surface area (Å²) in [5, 5.41) is 5.57. The third kappa shape index (κ3) is 3.62. The minimum absolute atomic E-state index is 0.171. The molecule has 26 heavy (non-hydrogen) atoms. The molecule has 0 saturated heterocycles. The number of hydrogen-bond donors (Lipinski definition) is 4. The van der Waals surface area contributed by atoms with Gasteiger partial charge in [0.2, 0.25) is 0 Å². The SMILES string of the molecule is COCCNC(=O)c1cccc(NC(=O)c2c[nH]c3nc[nH]c(=O)c23)c1. The van der Waals surface area contributed by atoms with Gasteiger partial charge >= 0.3 is 0 Å². The van der Waals surface area contributed by atoms with Crippen molar-refractivity contribution >= 4 is 28.5 Å². The van der Waals surface area contributed by atoms with Gasteiger partial charge in [0.25, 0.3) is 17.4 Å². The molecule has 0 unspecified atom stereocenters. The quantitative estimate of drug-likeness (QED) is 0.488. The Hall–Kier alpha value is -3.46. The van der Waals surface area contributed by atoms with Crippen molar-refractivity contribution in [2.24, 2.45) is 0 Å². The number of carbonyl (C=O) groups is 2. The van der Waals surface area contributed by atoms with Crippen LogP contribution in [0, 0.1) is 0 Å². The molecule has 9 heteroatoms. The Morgan fingerprint density at radius 2 is 2.08 bits per heavy atom. The Balaban J connectivity index is 1.78. The molecule has 2 amide bonds. The van der Waals surface area contributed by atoms with E-state index in [0.717, 1.165) is 0 Å². The summed E-state index contributed by atoms with van der Waals surface area (Å²) in [6.07, 6.45) is 2.68. The molecule has 0 atom stereocenters. The van der Waals surface area contributed by atoms with Crippen molar-refractivity contribution in [3.05, 3.63) is 58.3 Å². The maximum absolute atomic E-state index is 12.5. The molecule has 3 rings (SSSR count). The van der Waals surface area contributed by atoms with Crippen LogP contribution < -0.4 is 16.2 Å². The maximum atomic E-state index is 12.5. The summed E-state index contributed by atoms with van der Waals surface area (Å²) in [5.74, 6) is -0.752. The van der Waals surface area contributed by atoms with Crippen molar-refractivity contribution in [2.45, 2.75) is 0 Å². The molecular formula is C17H17N5O4. The van der Waals surface area contributed by atoms with Crippen molar-refractivity contribution in [1.82, 2.24) is 20.3 Å². The number of nitrogens with one attached hydrogen (secondary N) is 4. The van der Waals surface area contributed by atoms with Gasteiger partial charge < -0.3 is 25.3 Å². The van der Waals surface area contributed by atoms with Crippen LogP contribution in [0.3, 0.4) is 0 Å². The van der Waals surface area contributed by atoms with E-state index in [-0.39, 0.29) is 16.9 Å². The van der Waals surface area contributed by atoms with Gasteiger partial charge in [0, 0.05) is 31.1 Å². The van der Waals surface area contributed by atoms with Crippen molar-refractivity contribution in [3.8, 4) is 0 Å². The highest BCUT2D eigenvalue weighted by atomic mass is 16.5. The first-order chi connectivity index (χ1) is 12.6. The lowest BCUT2D eigenvalue weighted by Gasteiger charge is -2.08. The van der Waals surface area contributed by atoms with E-state index in [1.54, 1.807) is 31.4 Å². The highest BCUT2D eigenvalue weighted by Gasteiger charge is 2.16. The lowest BCUT2D eigenvalue weighted by atomic mass is 10.1. The number of benzene rings is 1. The first-order valence-electron chi connectivity index (χ1n) is 7.83. The Kier molecular flexibility index (Phi) is 5.09. The number of methoxy groups -OCH3 is 1. The summed E-state index contributed by atoms with van der Waals surface area (Å²) in [6.45, 7) is 0.794. The second-order valence-corrected chi connectivity index (χ2v) is 5.44. The highest BCUT2D eigenvalue weighted by molar-refractivity contribution is 6.12. The van der Waals surface area contributed by atoms with E-state index < -0.39 is 11.5 Å². The van der Waals surface area contributed by atoms with E-state index in [1.165, 1.54) is 12.5 Å². The van der Waals surface area contributed by atoms with Crippen LogP contribution in [0.1, 0.15) is 20.7 Å². The number of rotatable bonds is 6. The van der Waals surface area contributed by atoms with Gasteiger partial charge in [-0.15, -0.1) is 0 Å². The summed E-state index contributed by atoms with van der Waals surface area (Å²) < 4.78 is 4.88. The number of aromatic nitrogens is 3. The molecule has 0 fully saturated rings. The van der Waals surface area contributed by atoms with E-state index >= 15 is 0 Å². The van der Waals surface area contributed by atoms with Crippen molar-refractivity contribution in [1.29, 1.82) is 0 Å². The van der Waals surface area contributed by atoms with Gasteiger partial charge in [-0.25, -0.2) is 4.98 Å². The highest BCUT2D eigenvalue weighted by Crippen LogP contribution is 2.16. The van der Waals surface area contributed by atoms with Crippen LogP contribution in [0.25, 0.3) is 11.0 Å². The Morgan fingerprint density at radius 3 is 2.88 bits per heavy atom. The molecule has 9 nitrogen and oxygen atoms in total. The number of fused-ring (bicyclic) bond motifs is 1. The lowest BCUT2D eigenvalue weighted by Crippen LogP contribution is -2.27. The summed E-state index contributed by atoms with van der Waals surface area (Å²) in [7, 11) is 1.55. The molecule has 0 spiro atoms. The molecular weight excluding hydrogens is 338 g/mol. The first kappa shape index (κ1) is 17.4. The maximum Gasteiger partial charge on any atom is 0.261 e. The van der Waals surface area contributed by atoms with Gasteiger partial charge in [-0.05, 0) is 18.2 Å². The third-order valence-electron chi connectivity index (χ3n) is 3.69. The molecule has 0 aliphatic rings. The van der Waals surface area contributed by atoms with Gasteiger partial charge in [0.1, 0.15) is 5.65 Å². The van der Waals surface area contributed by atoms with Crippen LogP contribution in [-0.4, -0.2) is 47.0 Å². The van der Waals surface area contributed by atoms with Crippen LogP contribution in [0.4, 0.5) is 5.69 Å². The molecule has 134 valence electrons. The molecule has 4 N–H and O–H groups in total. The van der Waals surface area contributed by atoms with Gasteiger partial charge in [0.15, 0.2) is 0 Å². The first-order valence-corrected chi connectivity index (χ1v) is 7.83. The predicted octanol–water partition coefficient (Wildman–Crippen LogP) is 0.880. The van der Waals surface area contributed by atoms with Crippen LogP contribution in [0.2, 0.25) is 0 Å². The summed E-state index contributed by atoms with van der Waals surface area (Å²) >= 11 is 0. The van der Waals surface area contributed by atoms with Gasteiger partial charge in [-0.3, -0.25) is 14.4 Å². The molecule has 1 aromatic carbocycles. The van der Waals surface area contributed by atoms with Crippen LogP contribution in [-0.2, 0) is 4.74 Å². The van der Waals surface area contributed by atoms with Gasteiger partial charge in [0.05, 0.1) is 23.9 Å². The summed E-state index contributed by atoms with van der Waals surface area (Å²) in [4.78, 5) is 45.7. The predicted molar refractivity (Wildman–Crippen MR) is 95.3 cm³/mol. The summed E-state index contributed by atoms with van der Waals surface area (Å²) in [5.41, 5.74) is 0.920. The third-order valence-corrected chi connectivity index (χ3v) is 3.69. The standard InChI is InChI=1S/C17H17N5O4/c1-26-6-5-18-15(23)10-3-2-4-11(7-10)22-16(24)12-8-19-14-13(12)17(25)21-9-20-14/h2-4,7-9H,5-6H2,1H3,(H,18,23)(H,22,24)(H2,19,20,21,25). The Morgan fingerprint density at radius 1 is 1.23 bits per heavy atom. The smallest absolute Gasteiger partial charge is 0.261 e. The van der Waals surface area contributed by atoms with Gasteiger partial charge in [-0.2, -0.15) is 0 Å². The fourth-order valence-electron chi connectivity index (χ4n) is 2.46. The number of anilines is 1. The van der Waals surface area contributed by atoms with Crippen molar-refractivity contribution < 1.29 is 14.3 Å². The second kappa shape index (κ2) is 7.62. The molecule has 0 saturated carbocycles. The van der Waals surface area contributed by atoms with Crippen molar-refractivity contribution in [3.63, 3.8) is 0 Å². The number of aromatic amines is 2. The number of hydrogen-bond acceptors (Lipinski definition) is 5. The summed E-state index contributed by atoms with van der Waals surface area (Å²) in [6, 6.07) is 6.50. The van der Waals surface area contributed by atoms with E-state index in [2.05, 4.69) is 25.6 Å². The zero-order valence-electron chi connectivity index (χ0n) is 14.0.